The van der Waals surface area contributed by atoms with E-state index >= 15 is 0 Å². The van der Waals surface area contributed by atoms with Gasteiger partial charge in [0.05, 0.1) is 24.4 Å². The molecule has 4 heterocycles. The van der Waals surface area contributed by atoms with E-state index in [1.165, 1.54) is 19.4 Å². The first-order chi connectivity index (χ1) is 17.9. The summed E-state index contributed by atoms with van der Waals surface area (Å²) in [5.41, 5.74) is 4.07. The van der Waals surface area contributed by atoms with E-state index in [0.717, 1.165) is 16.9 Å². The zero-order chi connectivity index (χ0) is 27.4. The maximum absolute atomic E-state index is 14.7. The molecule has 2 aliphatic rings. The Morgan fingerprint density at radius 2 is 1.97 bits per heavy atom. The maximum atomic E-state index is 14.7. The minimum Gasteiger partial charge on any atom is -0.480 e. The smallest absolute Gasteiger partial charge is 0.418 e. The number of nitrogen functional groups attached to an aromatic ring is 1. The lowest BCUT2D eigenvalue weighted by Gasteiger charge is -2.37. The zero-order valence-corrected chi connectivity index (χ0v) is 20.0. The summed E-state index contributed by atoms with van der Waals surface area (Å²) < 4.78 is 88.1. The van der Waals surface area contributed by atoms with Crippen molar-refractivity contribution < 1.29 is 35.9 Å². The summed E-state index contributed by atoms with van der Waals surface area (Å²) >= 11 is 0. The molecule has 1 saturated carbocycles. The molecule has 3 aromatic rings. The van der Waals surface area contributed by atoms with E-state index in [0.29, 0.717) is 6.54 Å². The van der Waals surface area contributed by atoms with Gasteiger partial charge in [0, 0.05) is 44.2 Å². The number of rotatable bonds is 6. The molecule has 15 heteroatoms. The predicted molar refractivity (Wildman–Crippen MR) is 122 cm³/mol. The van der Waals surface area contributed by atoms with Crippen LogP contribution < -0.4 is 15.8 Å². The molecule has 204 valence electrons. The second-order valence-corrected chi connectivity index (χ2v) is 9.57. The molecule has 1 aliphatic heterocycles. The van der Waals surface area contributed by atoms with E-state index in [-0.39, 0.29) is 60.4 Å². The Morgan fingerprint density at radius 1 is 1.24 bits per heavy atom. The highest BCUT2D eigenvalue weighted by Crippen LogP contribution is 2.43. The van der Waals surface area contributed by atoms with Crippen molar-refractivity contribution in [2.75, 3.05) is 32.5 Å². The largest absolute Gasteiger partial charge is 0.480 e. The fraction of sp³-hybridized carbons (Fsp3) is 0.478. The van der Waals surface area contributed by atoms with Gasteiger partial charge in [-0.1, -0.05) is 0 Å². The number of amides is 1. The van der Waals surface area contributed by atoms with Crippen LogP contribution in [0.1, 0.15) is 28.8 Å². The van der Waals surface area contributed by atoms with Crippen molar-refractivity contribution >= 4 is 17.2 Å². The number of alkyl halides is 6. The summed E-state index contributed by atoms with van der Waals surface area (Å²) in [7, 11) is 1.25. The normalized spacial score (nSPS) is 22.0. The molecule has 0 aromatic carbocycles. The number of fused-ring (bicyclic) bond motifs is 1. The molecule has 2 unspecified atom stereocenters. The third-order valence-electron chi connectivity index (χ3n) is 6.80. The molecule has 1 aliphatic carbocycles. The highest BCUT2D eigenvalue weighted by Gasteiger charge is 2.47. The molecule has 2 atom stereocenters. The van der Waals surface area contributed by atoms with Gasteiger partial charge >= 0.3 is 6.18 Å². The first kappa shape index (κ1) is 26.0. The molecule has 5 rings (SSSR count). The summed E-state index contributed by atoms with van der Waals surface area (Å²) in [5.74, 6) is -4.18. The van der Waals surface area contributed by atoms with Crippen LogP contribution in [0.2, 0.25) is 0 Å². The molecule has 9 nitrogen and oxygen atoms in total. The topological polar surface area (TPSA) is 111 Å². The first-order valence-corrected chi connectivity index (χ1v) is 11.6. The molecule has 38 heavy (non-hydrogen) atoms. The van der Waals surface area contributed by atoms with E-state index < -0.39 is 41.3 Å². The molecule has 1 amide bonds. The molecule has 3 N–H and O–H groups in total. The molecular formula is C23H23F6N7O2. The molecule has 2 fully saturated rings. The number of pyridine rings is 1. The fourth-order valence-electron chi connectivity index (χ4n) is 5.06. The van der Waals surface area contributed by atoms with Gasteiger partial charge in [0.15, 0.2) is 5.82 Å². The van der Waals surface area contributed by atoms with Crippen molar-refractivity contribution in [2.24, 2.45) is 5.92 Å². The quantitative estimate of drug-likeness (QED) is 0.460. The number of nitrogens with two attached hydrogens (primary N) is 1. The second kappa shape index (κ2) is 9.29. The summed E-state index contributed by atoms with van der Waals surface area (Å²) in [5, 5.41) is 6.45. The molecular weight excluding hydrogens is 520 g/mol. The number of aromatic nitrogens is 4. The van der Waals surface area contributed by atoms with Crippen LogP contribution in [0.3, 0.4) is 0 Å². The number of hydrogen-bond donors (Lipinski definition) is 2. The standard InChI is InChI=1S/C23H23F6N7O2/c1-38-21-13(20(37)34-16-9-35(8-15(16)24)7-11-4-22(25,26)5-11)2-12(6-31-21)17-3-14(23(27,28)29)18-19(30)32-10-33-36(17)18/h2-3,6,10-11,15-16H,4-5,7-9H2,1H3,(H,34,37)(H2,30,32,33). The average molecular weight is 543 g/mol. The Labute approximate surface area is 212 Å². The van der Waals surface area contributed by atoms with Crippen LogP contribution in [0.25, 0.3) is 16.8 Å². The summed E-state index contributed by atoms with van der Waals surface area (Å²) in [6.07, 6.45) is -4.48. The molecule has 0 bridgehead atoms. The number of halogens is 6. The Balaban J connectivity index is 1.40. The van der Waals surface area contributed by atoms with Gasteiger partial charge in [-0.2, -0.15) is 18.3 Å². The number of anilines is 1. The van der Waals surface area contributed by atoms with Crippen LogP contribution in [-0.2, 0) is 6.18 Å². The van der Waals surface area contributed by atoms with Gasteiger partial charge in [-0.25, -0.2) is 27.7 Å². The van der Waals surface area contributed by atoms with E-state index in [1.54, 1.807) is 4.90 Å². The van der Waals surface area contributed by atoms with Crippen LogP contribution >= 0.6 is 0 Å². The van der Waals surface area contributed by atoms with Gasteiger partial charge in [0.1, 0.15) is 23.6 Å². The van der Waals surface area contributed by atoms with Gasteiger partial charge in [0.25, 0.3) is 5.91 Å². The van der Waals surface area contributed by atoms with E-state index in [2.05, 4.69) is 20.4 Å². The minimum atomic E-state index is -4.76. The third-order valence-corrected chi connectivity index (χ3v) is 6.80. The zero-order valence-electron chi connectivity index (χ0n) is 20.0. The Hall–Kier alpha value is -3.62. The van der Waals surface area contributed by atoms with Crippen molar-refractivity contribution in [3.63, 3.8) is 0 Å². The van der Waals surface area contributed by atoms with Crippen molar-refractivity contribution in [3.8, 4) is 17.1 Å². The lowest BCUT2D eigenvalue weighted by Crippen LogP contribution is -2.43. The van der Waals surface area contributed by atoms with E-state index in [4.69, 9.17) is 10.5 Å². The Bertz CT molecular complexity index is 1370. The fourth-order valence-corrected chi connectivity index (χ4v) is 5.06. The SMILES string of the molecule is COc1ncc(-c2cc(C(F)(F)F)c3c(N)ncnn23)cc1C(=O)NC1CN(CC2CC(F)(F)C2)CC1F. The number of nitrogens with one attached hydrogen (secondary N) is 1. The number of hydrogen-bond acceptors (Lipinski definition) is 7. The number of ether oxygens (including phenoxy) is 1. The number of nitrogens with zero attached hydrogens (tertiary/aromatic N) is 5. The summed E-state index contributed by atoms with van der Waals surface area (Å²) in [4.78, 5) is 22.5. The molecule has 3 aromatic heterocycles. The highest BCUT2D eigenvalue weighted by atomic mass is 19.4. The van der Waals surface area contributed by atoms with Gasteiger partial charge in [0.2, 0.25) is 11.8 Å². The van der Waals surface area contributed by atoms with Crippen LogP contribution in [0, 0.1) is 5.92 Å². The number of likely N-dealkylation sites (tertiary alicyclic amines) is 1. The minimum absolute atomic E-state index is 0.0140. The van der Waals surface area contributed by atoms with Crippen molar-refractivity contribution in [1.29, 1.82) is 0 Å². The van der Waals surface area contributed by atoms with Gasteiger partial charge in [-0.3, -0.25) is 9.69 Å². The lowest BCUT2D eigenvalue weighted by molar-refractivity contribution is -0.136. The number of carbonyl (C=O) groups is 1. The van der Waals surface area contributed by atoms with Crippen LogP contribution in [0.5, 0.6) is 5.88 Å². The monoisotopic (exact) mass is 543 g/mol. The second-order valence-electron chi connectivity index (χ2n) is 9.57. The molecule has 1 saturated heterocycles. The summed E-state index contributed by atoms with van der Waals surface area (Å²) in [6.45, 7) is 0.412. The Kier molecular flexibility index (Phi) is 6.36. The first-order valence-electron chi connectivity index (χ1n) is 11.6. The summed E-state index contributed by atoms with van der Waals surface area (Å²) in [6, 6.07) is 1.16. The van der Waals surface area contributed by atoms with Crippen molar-refractivity contribution in [2.45, 2.75) is 37.2 Å². The average Bonchev–Trinajstić information content (AvgIpc) is 3.38. The van der Waals surface area contributed by atoms with Crippen LogP contribution in [0.15, 0.2) is 24.7 Å². The van der Waals surface area contributed by atoms with E-state index in [9.17, 15) is 31.1 Å². The lowest BCUT2D eigenvalue weighted by atomic mass is 9.81. The highest BCUT2D eigenvalue weighted by molar-refractivity contribution is 5.98. The maximum Gasteiger partial charge on any atom is 0.418 e. The molecule has 0 spiro atoms. The van der Waals surface area contributed by atoms with Crippen LogP contribution in [0.4, 0.5) is 32.2 Å². The Morgan fingerprint density at radius 3 is 2.63 bits per heavy atom. The van der Waals surface area contributed by atoms with Gasteiger partial charge < -0.3 is 15.8 Å². The molecule has 0 radical (unpaired) electrons. The predicted octanol–water partition coefficient (Wildman–Crippen LogP) is 3.20. The number of carbonyl (C=O) groups excluding carboxylic acids is 1. The van der Waals surface area contributed by atoms with E-state index in [1.807, 2.05) is 0 Å². The van der Waals surface area contributed by atoms with Gasteiger partial charge in [-0.05, 0) is 18.1 Å². The third kappa shape index (κ3) is 4.81. The number of methoxy groups -OCH3 is 1. The van der Waals surface area contributed by atoms with Crippen molar-refractivity contribution in [3.05, 3.63) is 35.8 Å². The van der Waals surface area contributed by atoms with Crippen molar-refractivity contribution in [1.82, 2.24) is 29.8 Å². The van der Waals surface area contributed by atoms with Gasteiger partial charge in [-0.15, -0.1) is 0 Å². The van der Waals surface area contributed by atoms with Crippen LogP contribution in [-0.4, -0.2) is 75.3 Å².